The van der Waals surface area contributed by atoms with Gasteiger partial charge in [-0.05, 0) is 44.5 Å². The molecule has 21 heavy (non-hydrogen) atoms. The third-order valence-corrected chi connectivity index (χ3v) is 4.08. The molecule has 6 heteroatoms. The number of carbonyl (C=O) groups is 1. The van der Waals surface area contributed by atoms with Crippen molar-refractivity contribution in [3.8, 4) is 0 Å². The monoisotopic (exact) mass is 291 g/mol. The zero-order chi connectivity index (χ0) is 15.4. The van der Waals surface area contributed by atoms with Gasteiger partial charge < -0.3 is 15.6 Å². The maximum Gasteiger partial charge on any atom is 0.251 e. The molecule has 1 aromatic heterocycles. The van der Waals surface area contributed by atoms with Crippen molar-refractivity contribution in [2.45, 2.75) is 32.7 Å². The molecule has 2 heterocycles. The number of nitrogen functional groups attached to an aromatic ring is 1. The zero-order valence-electron chi connectivity index (χ0n) is 13.0. The van der Waals surface area contributed by atoms with E-state index >= 15 is 0 Å². The van der Waals surface area contributed by atoms with E-state index < -0.39 is 0 Å². The lowest BCUT2D eigenvalue weighted by molar-refractivity contribution is 0.0883. The van der Waals surface area contributed by atoms with Crippen LogP contribution in [0, 0.1) is 5.92 Å². The van der Waals surface area contributed by atoms with Crippen LogP contribution >= 0.6 is 0 Å². The largest absolute Gasteiger partial charge is 0.349 e. The summed E-state index contributed by atoms with van der Waals surface area (Å²) in [7, 11) is 2.12. The van der Waals surface area contributed by atoms with Gasteiger partial charge in [0.15, 0.2) is 0 Å². The Kier molecular flexibility index (Phi) is 5.14. The summed E-state index contributed by atoms with van der Waals surface area (Å²) in [5.41, 5.74) is 3.98. The van der Waals surface area contributed by atoms with Crippen molar-refractivity contribution in [1.29, 1.82) is 0 Å². The first-order chi connectivity index (χ1) is 10.0. The molecule has 2 rings (SSSR count). The molecule has 2 atom stereocenters. The minimum absolute atomic E-state index is 0.0509. The molecule has 1 aliphatic heterocycles. The van der Waals surface area contributed by atoms with Crippen LogP contribution in [0.1, 0.15) is 36.3 Å². The van der Waals surface area contributed by atoms with Gasteiger partial charge in [-0.15, -0.1) is 0 Å². The Morgan fingerprint density at radius 1 is 1.52 bits per heavy atom. The molecule has 0 spiro atoms. The maximum absolute atomic E-state index is 12.5. The lowest BCUT2D eigenvalue weighted by Gasteiger charge is -2.35. The summed E-state index contributed by atoms with van der Waals surface area (Å²) in [5.74, 6) is 6.34. The fourth-order valence-corrected chi connectivity index (χ4v) is 2.79. The van der Waals surface area contributed by atoms with E-state index in [-0.39, 0.29) is 11.9 Å². The van der Waals surface area contributed by atoms with Gasteiger partial charge in [0.1, 0.15) is 5.82 Å². The number of aromatic nitrogens is 1. The van der Waals surface area contributed by atoms with Gasteiger partial charge in [-0.1, -0.05) is 13.8 Å². The molecule has 0 radical (unpaired) electrons. The third-order valence-electron chi connectivity index (χ3n) is 4.08. The highest BCUT2D eigenvalue weighted by atomic mass is 16.1. The smallest absolute Gasteiger partial charge is 0.251 e. The fourth-order valence-electron chi connectivity index (χ4n) is 2.79. The molecule has 1 aromatic rings. The number of likely N-dealkylation sites (tertiary alicyclic amines) is 1. The van der Waals surface area contributed by atoms with Crippen molar-refractivity contribution in [2.75, 3.05) is 25.6 Å². The van der Waals surface area contributed by atoms with Gasteiger partial charge in [0.2, 0.25) is 0 Å². The first-order valence-corrected chi connectivity index (χ1v) is 7.50. The van der Waals surface area contributed by atoms with Crippen molar-refractivity contribution in [1.82, 2.24) is 15.2 Å². The molecular weight excluding hydrogens is 266 g/mol. The van der Waals surface area contributed by atoms with Gasteiger partial charge in [-0.3, -0.25) is 4.79 Å². The Morgan fingerprint density at radius 3 is 2.90 bits per heavy atom. The summed E-state index contributed by atoms with van der Waals surface area (Å²) in [6.45, 7) is 6.21. The first-order valence-electron chi connectivity index (χ1n) is 7.50. The minimum Gasteiger partial charge on any atom is -0.349 e. The second kappa shape index (κ2) is 6.87. The summed E-state index contributed by atoms with van der Waals surface area (Å²) in [4.78, 5) is 19.1. The van der Waals surface area contributed by atoms with Crippen LogP contribution in [0.25, 0.3) is 0 Å². The number of carbonyl (C=O) groups excluding carboxylic acids is 1. The van der Waals surface area contributed by atoms with Crippen LogP contribution in [0.4, 0.5) is 5.82 Å². The van der Waals surface area contributed by atoms with E-state index in [9.17, 15) is 4.79 Å². The van der Waals surface area contributed by atoms with Crippen LogP contribution in [0.15, 0.2) is 12.1 Å². The summed E-state index contributed by atoms with van der Waals surface area (Å²) in [6.07, 6.45) is 1.75. The number of anilines is 1. The number of rotatable bonds is 4. The summed E-state index contributed by atoms with van der Waals surface area (Å²) in [5, 5.41) is 3.15. The molecule has 6 nitrogen and oxygen atoms in total. The van der Waals surface area contributed by atoms with Gasteiger partial charge in [0.25, 0.3) is 5.91 Å². The normalized spacial score (nSPS) is 22.9. The van der Waals surface area contributed by atoms with E-state index in [4.69, 9.17) is 5.84 Å². The number of nitrogens with two attached hydrogens (primary N) is 1. The van der Waals surface area contributed by atoms with E-state index in [1.807, 2.05) is 13.0 Å². The quantitative estimate of drug-likeness (QED) is 0.569. The number of amides is 1. The van der Waals surface area contributed by atoms with Crippen molar-refractivity contribution >= 4 is 11.7 Å². The molecule has 2 unspecified atom stereocenters. The molecule has 1 amide bonds. The molecule has 1 fully saturated rings. The van der Waals surface area contributed by atoms with Crippen LogP contribution in [0.2, 0.25) is 0 Å². The highest BCUT2D eigenvalue weighted by Crippen LogP contribution is 2.17. The highest BCUT2D eigenvalue weighted by molar-refractivity contribution is 5.95. The van der Waals surface area contributed by atoms with Crippen molar-refractivity contribution in [3.05, 3.63) is 23.4 Å². The lowest BCUT2D eigenvalue weighted by Crippen LogP contribution is -2.48. The molecular formula is C15H25N5O. The van der Waals surface area contributed by atoms with E-state index in [0.717, 1.165) is 31.6 Å². The molecule has 116 valence electrons. The number of hydrogen-bond acceptors (Lipinski definition) is 5. The van der Waals surface area contributed by atoms with E-state index in [1.165, 1.54) is 0 Å². The second-order valence-corrected chi connectivity index (χ2v) is 5.84. The average Bonchev–Trinajstić information content (AvgIpc) is 2.49. The Labute approximate surface area is 126 Å². The van der Waals surface area contributed by atoms with Crippen molar-refractivity contribution in [2.24, 2.45) is 11.8 Å². The van der Waals surface area contributed by atoms with Crippen LogP contribution in [-0.2, 0) is 6.42 Å². The first kappa shape index (κ1) is 15.7. The van der Waals surface area contributed by atoms with Crippen LogP contribution in [-0.4, -0.2) is 42.0 Å². The molecule has 1 aliphatic rings. The SMILES string of the molecule is CCc1cc(C(=O)NC2CCN(C)CC2C)cc(NN)n1. The molecule has 1 saturated heterocycles. The average molecular weight is 291 g/mol. The van der Waals surface area contributed by atoms with Crippen molar-refractivity contribution in [3.63, 3.8) is 0 Å². The number of piperidine rings is 1. The molecule has 0 aliphatic carbocycles. The number of nitrogens with zero attached hydrogens (tertiary/aromatic N) is 2. The zero-order valence-corrected chi connectivity index (χ0v) is 13.0. The predicted molar refractivity (Wildman–Crippen MR) is 84.0 cm³/mol. The molecule has 0 saturated carbocycles. The van der Waals surface area contributed by atoms with Gasteiger partial charge in [-0.2, -0.15) is 0 Å². The Bertz CT molecular complexity index is 483. The second-order valence-electron chi connectivity index (χ2n) is 5.84. The van der Waals surface area contributed by atoms with Gasteiger partial charge in [0, 0.05) is 23.8 Å². The fraction of sp³-hybridized carbons (Fsp3) is 0.600. The van der Waals surface area contributed by atoms with Gasteiger partial charge >= 0.3 is 0 Å². The Morgan fingerprint density at radius 2 is 2.29 bits per heavy atom. The summed E-state index contributed by atoms with van der Waals surface area (Å²) >= 11 is 0. The van der Waals surface area contributed by atoms with Crippen LogP contribution in [0.5, 0.6) is 0 Å². The number of nitrogens with one attached hydrogen (secondary N) is 2. The predicted octanol–water partition coefficient (Wildman–Crippen LogP) is 1.000. The Hall–Kier alpha value is -1.66. The van der Waals surface area contributed by atoms with E-state index in [0.29, 0.717) is 17.3 Å². The third kappa shape index (κ3) is 3.92. The molecule has 4 N–H and O–H groups in total. The van der Waals surface area contributed by atoms with Gasteiger partial charge in [-0.25, -0.2) is 10.8 Å². The van der Waals surface area contributed by atoms with Gasteiger partial charge in [0.05, 0.1) is 0 Å². The van der Waals surface area contributed by atoms with E-state index in [2.05, 4.69) is 34.6 Å². The number of aryl methyl sites for hydroxylation is 1. The molecule has 0 bridgehead atoms. The number of hydrazine groups is 1. The number of hydrogen-bond donors (Lipinski definition) is 3. The maximum atomic E-state index is 12.5. The summed E-state index contributed by atoms with van der Waals surface area (Å²) < 4.78 is 0. The van der Waals surface area contributed by atoms with Crippen LogP contribution in [0.3, 0.4) is 0 Å². The molecule has 0 aromatic carbocycles. The van der Waals surface area contributed by atoms with E-state index in [1.54, 1.807) is 6.07 Å². The highest BCUT2D eigenvalue weighted by Gasteiger charge is 2.26. The topological polar surface area (TPSA) is 83.3 Å². The van der Waals surface area contributed by atoms with Crippen LogP contribution < -0.4 is 16.6 Å². The summed E-state index contributed by atoms with van der Waals surface area (Å²) in [6, 6.07) is 3.74. The Balaban J connectivity index is 2.09. The lowest BCUT2D eigenvalue weighted by atomic mass is 9.94. The number of pyridine rings is 1. The standard InChI is InChI=1S/C15H25N5O/c1-4-12-7-11(8-14(17-12)19-16)15(21)18-13-5-6-20(3)9-10(13)2/h7-8,10,13H,4-6,9,16H2,1-3H3,(H,17,19)(H,18,21). The minimum atomic E-state index is -0.0509. The van der Waals surface area contributed by atoms with Crippen molar-refractivity contribution < 1.29 is 4.79 Å².